The van der Waals surface area contributed by atoms with Crippen LogP contribution in [0.15, 0.2) is 5.16 Å². The third-order valence-corrected chi connectivity index (χ3v) is 4.60. The molecule has 0 bridgehead atoms. The summed E-state index contributed by atoms with van der Waals surface area (Å²) in [5.74, 6) is 1.22. The van der Waals surface area contributed by atoms with Gasteiger partial charge in [0.1, 0.15) is 5.84 Å². The highest BCUT2D eigenvalue weighted by molar-refractivity contribution is 5.85. The van der Waals surface area contributed by atoms with Crippen LogP contribution in [-0.2, 0) is 0 Å². The van der Waals surface area contributed by atoms with Gasteiger partial charge in [-0.2, -0.15) is 0 Å². The van der Waals surface area contributed by atoms with Crippen LogP contribution >= 0.6 is 0 Å². The van der Waals surface area contributed by atoms with E-state index in [9.17, 15) is 0 Å². The summed E-state index contributed by atoms with van der Waals surface area (Å²) in [4.78, 5) is 0. The van der Waals surface area contributed by atoms with Gasteiger partial charge in [0.25, 0.3) is 0 Å². The summed E-state index contributed by atoms with van der Waals surface area (Å²) < 4.78 is 0. The fourth-order valence-corrected chi connectivity index (χ4v) is 2.91. The first kappa shape index (κ1) is 16.3. The van der Waals surface area contributed by atoms with E-state index >= 15 is 0 Å². The van der Waals surface area contributed by atoms with E-state index in [0.717, 1.165) is 31.7 Å². The summed E-state index contributed by atoms with van der Waals surface area (Å²) in [6, 6.07) is 0.652. The van der Waals surface area contributed by atoms with Gasteiger partial charge in [0.15, 0.2) is 0 Å². The molecule has 4 nitrogen and oxygen atoms in total. The molecule has 1 rings (SSSR count). The molecule has 4 N–H and O–H groups in total. The molecule has 1 atom stereocenters. The molecule has 0 radical (unpaired) electrons. The molecule has 0 unspecified atom stereocenters. The molecule has 112 valence electrons. The summed E-state index contributed by atoms with van der Waals surface area (Å²) in [5.41, 5.74) is 5.48. The highest BCUT2D eigenvalue weighted by Crippen LogP contribution is 2.27. The average molecular weight is 269 g/mol. The molecular formula is C15H31N3O. The highest BCUT2D eigenvalue weighted by Gasteiger charge is 2.23. The monoisotopic (exact) mass is 269 g/mol. The molecule has 0 aromatic rings. The fraction of sp³-hybridized carbons (Fsp3) is 0.933. The first-order valence-electron chi connectivity index (χ1n) is 7.69. The molecule has 0 amide bonds. The van der Waals surface area contributed by atoms with Gasteiger partial charge in [0.2, 0.25) is 0 Å². The van der Waals surface area contributed by atoms with Gasteiger partial charge in [-0.1, -0.05) is 38.3 Å². The van der Waals surface area contributed by atoms with E-state index < -0.39 is 0 Å². The normalized spacial score (nSPS) is 19.8. The van der Waals surface area contributed by atoms with Gasteiger partial charge in [-0.05, 0) is 45.1 Å². The van der Waals surface area contributed by atoms with Crippen molar-refractivity contribution in [1.29, 1.82) is 0 Å². The van der Waals surface area contributed by atoms with Gasteiger partial charge < -0.3 is 16.3 Å². The number of nitrogens with two attached hydrogens (primary N) is 1. The van der Waals surface area contributed by atoms with Crippen LogP contribution in [0, 0.1) is 11.3 Å². The van der Waals surface area contributed by atoms with Crippen molar-refractivity contribution in [3.8, 4) is 0 Å². The molecule has 0 aliphatic heterocycles. The molecule has 1 fully saturated rings. The Kier molecular flexibility index (Phi) is 6.63. The summed E-state index contributed by atoms with van der Waals surface area (Å²) >= 11 is 0. The van der Waals surface area contributed by atoms with Crippen molar-refractivity contribution in [1.82, 2.24) is 5.32 Å². The lowest BCUT2D eigenvalue weighted by Gasteiger charge is -2.23. The third kappa shape index (κ3) is 5.39. The maximum atomic E-state index is 8.72. The zero-order chi connectivity index (χ0) is 14.3. The zero-order valence-corrected chi connectivity index (χ0v) is 12.8. The SMILES string of the molecule is C[C@H](NCCCCC(C)(C)C(N)=NO)C1CCCC1. The van der Waals surface area contributed by atoms with Crippen LogP contribution < -0.4 is 11.1 Å². The van der Waals surface area contributed by atoms with Gasteiger partial charge in [-0.15, -0.1) is 0 Å². The Balaban J connectivity index is 2.10. The smallest absolute Gasteiger partial charge is 0.144 e. The van der Waals surface area contributed by atoms with Crippen LogP contribution in [-0.4, -0.2) is 23.6 Å². The minimum Gasteiger partial charge on any atom is -0.409 e. The minimum atomic E-state index is -0.203. The first-order chi connectivity index (χ1) is 8.97. The van der Waals surface area contributed by atoms with Crippen LogP contribution in [0.1, 0.15) is 65.7 Å². The zero-order valence-electron chi connectivity index (χ0n) is 12.8. The van der Waals surface area contributed by atoms with E-state index in [-0.39, 0.29) is 5.41 Å². The summed E-state index contributed by atoms with van der Waals surface area (Å²) in [6.45, 7) is 7.44. The van der Waals surface area contributed by atoms with Gasteiger partial charge in [0, 0.05) is 11.5 Å². The molecule has 0 saturated heterocycles. The van der Waals surface area contributed by atoms with Crippen molar-refractivity contribution in [3.05, 3.63) is 0 Å². The second-order valence-corrected chi connectivity index (χ2v) is 6.61. The molecule has 1 saturated carbocycles. The predicted octanol–water partition coefficient (Wildman–Crippen LogP) is 3.10. The number of hydrogen-bond acceptors (Lipinski definition) is 3. The number of hydrogen-bond donors (Lipinski definition) is 3. The Morgan fingerprint density at radius 1 is 1.37 bits per heavy atom. The summed E-state index contributed by atoms with van der Waals surface area (Å²) in [7, 11) is 0. The predicted molar refractivity (Wildman–Crippen MR) is 80.5 cm³/mol. The highest BCUT2D eigenvalue weighted by atomic mass is 16.4. The lowest BCUT2D eigenvalue weighted by molar-refractivity contribution is 0.303. The molecule has 0 aromatic carbocycles. The lowest BCUT2D eigenvalue weighted by atomic mass is 9.86. The number of amidine groups is 1. The molecular weight excluding hydrogens is 238 g/mol. The van der Waals surface area contributed by atoms with Crippen LogP contribution in [0.4, 0.5) is 0 Å². The quantitative estimate of drug-likeness (QED) is 0.208. The maximum Gasteiger partial charge on any atom is 0.144 e. The van der Waals surface area contributed by atoms with Crippen molar-refractivity contribution < 1.29 is 5.21 Å². The Hall–Kier alpha value is -0.770. The van der Waals surface area contributed by atoms with E-state index in [1.165, 1.54) is 25.7 Å². The van der Waals surface area contributed by atoms with E-state index in [0.29, 0.717) is 11.9 Å². The number of rotatable bonds is 8. The second kappa shape index (κ2) is 7.73. The number of unbranched alkanes of at least 4 members (excludes halogenated alkanes) is 1. The Morgan fingerprint density at radius 2 is 2.00 bits per heavy atom. The first-order valence-corrected chi connectivity index (χ1v) is 7.69. The number of nitrogens with zero attached hydrogens (tertiary/aromatic N) is 1. The molecule has 1 aliphatic carbocycles. The molecule has 0 spiro atoms. The fourth-order valence-electron chi connectivity index (χ4n) is 2.91. The van der Waals surface area contributed by atoms with Crippen LogP contribution in [0.3, 0.4) is 0 Å². The molecule has 0 aromatic heterocycles. The van der Waals surface area contributed by atoms with Gasteiger partial charge >= 0.3 is 0 Å². The van der Waals surface area contributed by atoms with Crippen molar-refractivity contribution in [2.75, 3.05) is 6.54 Å². The van der Waals surface area contributed by atoms with Crippen molar-refractivity contribution in [3.63, 3.8) is 0 Å². The second-order valence-electron chi connectivity index (χ2n) is 6.61. The average Bonchev–Trinajstić information content (AvgIpc) is 2.90. The number of oxime groups is 1. The van der Waals surface area contributed by atoms with Crippen molar-refractivity contribution >= 4 is 5.84 Å². The van der Waals surface area contributed by atoms with E-state index in [1.807, 2.05) is 13.8 Å². The number of nitrogens with one attached hydrogen (secondary N) is 1. The summed E-state index contributed by atoms with van der Waals surface area (Å²) in [6.07, 6.45) is 8.82. The van der Waals surface area contributed by atoms with Crippen LogP contribution in [0.25, 0.3) is 0 Å². The molecule has 19 heavy (non-hydrogen) atoms. The molecule has 4 heteroatoms. The maximum absolute atomic E-state index is 8.72. The van der Waals surface area contributed by atoms with Crippen molar-refractivity contribution in [2.24, 2.45) is 22.2 Å². The Morgan fingerprint density at radius 3 is 2.58 bits per heavy atom. The molecule has 0 heterocycles. The van der Waals surface area contributed by atoms with Gasteiger partial charge in [0.05, 0.1) is 0 Å². The van der Waals surface area contributed by atoms with E-state index in [1.54, 1.807) is 0 Å². The topological polar surface area (TPSA) is 70.6 Å². The van der Waals surface area contributed by atoms with E-state index in [2.05, 4.69) is 17.4 Å². The van der Waals surface area contributed by atoms with Crippen LogP contribution in [0.5, 0.6) is 0 Å². The van der Waals surface area contributed by atoms with Gasteiger partial charge in [-0.25, -0.2) is 0 Å². The Labute approximate surface area is 117 Å². The van der Waals surface area contributed by atoms with Crippen molar-refractivity contribution in [2.45, 2.75) is 71.8 Å². The minimum absolute atomic E-state index is 0.203. The Bertz CT molecular complexity index is 283. The largest absolute Gasteiger partial charge is 0.409 e. The van der Waals surface area contributed by atoms with Gasteiger partial charge in [-0.3, -0.25) is 0 Å². The standard InChI is InChI=1S/C15H31N3O/c1-12(13-8-4-5-9-13)17-11-7-6-10-15(2,3)14(16)18-19/h12-13,17,19H,4-11H2,1-3H3,(H2,16,18)/t12-/m0/s1. The summed E-state index contributed by atoms with van der Waals surface area (Å²) in [5, 5.41) is 15.5. The molecule has 1 aliphatic rings. The van der Waals surface area contributed by atoms with Crippen LogP contribution in [0.2, 0.25) is 0 Å². The lowest BCUT2D eigenvalue weighted by Crippen LogP contribution is -2.34. The third-order valence-electron chi connectivity index (χ3n) is 4.60. The van der Waals surface area contributed by atoms with E-state index in [4.69, 9.17) is 10.9 Å².